The Bertz CT molecular complexity index is 736. The highest BCUT2D eigenvalue weighted by atomic mass is 16.5. The molecular formula is C16H21N5O3. The van der Waals surface area contributed by atoms with Crippen LogP contribution in [-0.4, -0.2) is 44.6 Å². The van der Waals surface area contributed by atoms with Crippen molar-refractivity contribution in [1.82, 2.24) is 24.9 Å². The molecule has 128 valence electrons. The molecule has 1 N–H and O–H groups in total. The standard InChI is InChI=1S/C16H21N5O3/c1-11-7-8-17-16-19-14(20-21(11)16)15(23)24-10-13(22)18-9-12-5-3-2-4-6-12/h7-8,12H,2-6,9-10H2,1H3,(H,18,22). The highest BCUT2D eigenvalue weighted by Gasteiger charge is 2.18. The first-order valence-electron chi connectivity index (χ1n) is 8.25. The second-order valence-corrected chi connectivity index (χ2v) is 6.12. The average molecular weight is 331 g/mol. The number of amides is 1. The monoisotopic (exact) mass is 331 g/mol. The zero-order valence-electron chi connectivity index (χ0n) is 13.7. The Morgan fingerprint density at radius 3 is 2.88 bits per heavy atom. The van der Waals surface area contributed by atoms with Crippen molar-refractivity contribution in [1.29, 1.82) is 0 Å². The first-order chi connectivity index (χ1) is 11.6. The van der Waals surface area contributed by atoms with E-state index in [2.05, 4.69) is 20.4 Å². The Hall–Kier alpha value is -2.51. The zero-order chi connectivity index (χ0) is 16.9. The number of hydrogen-bond donors (Lipinski definition) is 1. The molecule has 2 aromatic heterocycles. The van der Waals surface area contributed by atoms with Gasteiger partial charge in [0.25, 0.3) is 17.5 Å². The summed E-state index contributed by atoms with van der Waals surface area (Å²) in [5.41, 5.74) is 0.803. The molecule has 0 aromatic carbocycles. The number of fused-ring (bicyclic) bond motifs is 1. The molecule has 0 bridgehead atoms. The van der Waals surface area contributed by atoms with Crippen molar-refractivity contribution in [2.24, 2.45) is 5.92 Å². The summed E-state index contributed by atoms with van der Waals surface area (Å²) in [7, 11) is 0. The van der Waals surface area contributed by atoms with Crippen molar-refractivity contribution >= 4 is 17.7 Å². The van der Waals surface area contributed by atoms with E-state index in [9.17, 15) is 9.59 Å². The van der Waals surface area contributed by atoms with Gasteiger partial charge in [0.2, 0.25) is 0 Å². The minimum atomic E-state index is -0.729. The van der Waals surface area contributed by atoms with Crippen molar-refractivity contribution < 1.29 is 14.3 Å². The lowest BCUT2D eigenvalue weighted by atomic mass is 9.89. The molecule has 8 heteroatoms. The van der Waals surface area contributed by atoms with Crippen LogP contribution in [0, 0.1) is 12.8 Å². The van der Waals surface area contributed by atoms with E-state index in [4.69, 9.17) is 4.74 Å². The highest BCUT2D eigenvalue weighted by molar-refractivity contribution is 5.88. The first-order valence-corrected chi connectivity index (χ1v) is 8.25. The smallest absolute Gasteiger partial charge is 0.378 e. The Balaban J connectivity index is 1.49. The SMILES string of the molecule is Cc1ccnc2nc(C(=O)OCC(=O)NCC3CCCCC3)nn12. The Labute approximate surface area is 139 Å². The largest absolute Gasteiger partial charge is 0.450 e. The van der Waals surface area contributed by atoms with Crippen molar-refractivity contribution in [3.05, 3.63) is 23.8 Å². The van der Waals surface area contributed by atoms with E-state index in [1.807, 2.05) is 6.92 Å². The summed E-state index contributed by atoms with van der Waals surface area (Å²) >= 11 is 0. The molecule has 1 fully saturated rings. The van der Waals surface area contributed by atoms with Gasteiger partial charge in [-0.05, 0) is 31.7 Å². The third-order valence-electron chi connectivity index (χ3n) is 4.26. The Morgan fingerprint density at radius 2 is 2.12 bits per heavy atom. The molecule has 0 unspecified atom stereocenters. The Kier molecular flexibility index (Phi) is 5.02. The van der Waals surface area contributed by atoms with Crippen LogP contribution in [0.4, 0.5) is 0 Å². The summed E-state index contributed by atoms with van der Waals surface area (Å²) in [4.78, 5) is 31.8. The molecule has 1 aliphatic rings. The van der Waals surface area contributed by atoms with E-state index in [1.165, 1.54) is 23.8 Å². The molecule has 2 aromatic rings. The molecule has 8 nitrogen and oxygen atoms in total. The number of nitrogens with zero attached hydrogens (tertiary/aromatic N) is 4. The summed E-state index contributed by atoms with van der Waals surface area (Å²) < 4.78 is 6.44. The summed E-state index contributed by atoms with van der Waals surface area (Å²) in [5.74, 6) is -0.271. The van der Waals surface area contributed by atoms with Crippen LogP contribution >= 0.6 is 0 Å². The lowest BCUT2D eigenvalue weighted by Gasteiger charge is -2.21. The third-order valence-corrected chi connectivity index (χ3v) is 4.26. The molecule has 1 amide bonds. The number of hydrogen-bond acceptors (Lipinski definition) is 6. The van der Waals surface area contributed by atoms with E-state index in [1.54, 1.807) is 12.3 Å². The number of aromatic nitrogens is 4. The van der Waals surface area contributed by atoms with Crippen molar-refractivity contribution in [3.63, 3.8) is 0 Å². The van der Waals surface area contributed by atoms with Crippen LogP contribution in [0.15, 0.2) is 12.3 Å². The summed E-state index contributed by atoms with van der Waals surface area (Å²) in [6, 6.07) is 1.76. The number of ether oxygens (including phenoxy) is 1. The lowest BCUT2D eigenvalue weighted by molar-refractivity contribution is -0.124. The van der Waals surface area contributed by atoms with Crippen LogP contribution in [0.1, 0.15) is 48.4 Å². The van der Waals surface area contributed by atoms with Gasteiger partial charge >= 0.3 is 5.97 Å². The van der Waals surface area contributed by atoms with Gasteiger partial charge in [-0.2, -0.15) is 4.98 Å². The quantitative estimate of drug-likeness (QED) is 0.829. The van der Waals surface area contributed by atoms with E-state index < -0.39 is 5.97 Å². The van der Waals surface area contributed by atoms with Gasteiger partial charge in [0.15, 0.2) is 6.61 Å². The van der Waals surface area contributed by atoms with Crippen molar-refractivity contribution in [2.75, 3.05) is 13.2 Å². The Morgan fingerprint density at radius 1 is 1.33 bits per heavy atom. The maximum Gasteiger partial charge on any atom is 0.378 e. The molecule has 0 radical (unpaired) electrons. The number of carbonyl (C=O) groups is 2. The van der Waals surface area contributed by atoms with E-state index >= 15 is 0 Å². The van der Waals surface area contributed by atoms with E-state index in [0.29, 0.717) is 18.2 Å². The average Bonchev–Trinajstić information content (AvgIpc) is 3.04. The van der Waals surface area contributed by atoms with Gasteiger partial charge in [-0.25, -0.2) is 14.3 Å². The molecule has 2 heterocycles. The van der Waals surface area contributed by atoms with Gasteiger partial charge in [0.1, 0.15) is 0 Å². The van der Waals surface area contributed by atoms with E-state index in [-0.39, 0.29) is 18.3 Å². The molecule has 0 saturated heterocycles. The normalized spacial score (nSPS) is 15.4. The maximum absolute atomic E-state index is 12.0. The second kappa shape index (κ2) is 7.37. The molecule has 1 aliphatic carbocycles. The van der Waals surface area contributed by atoms with Crippen molar-refractivity contribution in [2.45, 2.75) is 39.0 Å². The minimum absolute atomic E-state index is 0.100. The van der Waals surface area contributed by atoms with E-state index in [0.717, 1.165) is 18.5 Å². The topological polar surface area (TPSA) is 98.5 Å². The van der Waals surface area contributed by atoms with Gasteiger partial charge in [0, 0.05) is 18.4 Å². The van der Waals surface area contributed by atoms with Gasteiger partial charge in [-0.1, -0.05) is 19.3 Å². The number of carbonyl (C=O) groups excluding carboxylic acids is 2. The zero-order valence-corrected chi connectivity index (χ0v) is 13.7. The molecular weight excluding hydrogens is 310 g/mol. The molecule has 3 rings (SSSR count). The van der Waals surface area contributed by atoms with Crippen LogP contribution in [0.5, 0.6) is 0 Å². The van der Waals surface area contributed by atoms with Gasteiger partial charge < -0.3 is 10.1 Å². The molecule has 0 aliphatic heterocycles. The minimum Gasteiger partial charge on any atom is -0.450 e. The number of esters is 1. The molecule has 1 saturated carbocycles. The fraction of sp³-hybridized carbons (Fsp3) is 0.562. The fourth-order valence-electron chi connectivity index (χ4n) is 2.89. The predicted molar refractivity (Wildman–Crippen MR) is 85.4 cm³/mol. The first kappa shape index (κ1) is 16.4. The molecule has 0 spiro atoms. The number of rotatable bonds is 5. The highest BCUT2D eigenvalue weighted by Crippen LogP contribution is 2.22. The van der Waals surface area contributed by atoms with Gasteiger partial charge in [-0.15, -0.1) is 5.10 Å². The van der Waals surface area contributed by atoms with Crippen LogP contribution < -0.4 is 5.32 Å². The van der Waals surface area contributed by atoms with Crippen LogP contribution in [-0.2, 0) is 9.53 Å². The predicted octanol–water partition coefficient (Wildman–Crippen LogP) is 1.29. The number of nitrogens with one attached hydrogen (secondary N) is 1. The van der Waals surface area contributed by atoms with Gasteiger partial charge in [0.05, 0.1) is 0 Å². The third kappa shape index (κ3) is 3.87. The summed E-state index contributed by atoms with van der Waals surface area (Å²) in [6.45, 7) is 2.15. The lowest BCUT2D eigenvalue weighted by Crippen LogP contribution is -2.33. The number of aryl methyl sites for hydroxylation is 1. The fourth-order valence-corrected chi connectivity index (χ4v) is 2.89. The van der Waals surface area contributed by atoms with Gasteiger partial charge in [-0.3, -0.25) is 4.79 Å². The molecule has 0 atom stereocenters. The van der Waals surface area contributed by atoms with Crippen molar-refractivity contribution in [3.8, 4) is 0 Å². The summed E-state index contributed by atoms with van der Waals surface area (Å²) in [5, 5.41) is 6.87. The molecule has 24 heavy (non-hydrogen) atoms. The van der Waals surface area contributed by atoms with Crippen LogP contribution in [0.25, 0.3) is 5.78 Å². The van der Waals surface area contributed by atoms with Crippen LogP contribution in [0.3, 0.4) is 0 Å². The maximum atomic E-state index is 12.0. The van der Waals surface area contributed by atoms with Crippen LogP contribution in [0.2, 0.25) is 0 Å². The summed E-state index contributed by atoms with van der Waals surface area (Å²) in [6.07, 6.45) is 7.62. The second-order valence-electron chi connectivity index (χ2n) is 6.12.